The van der Waals surface area contributed by atoms with Crippen molar-refractivity contribution in [3.05, 3.63) is 69.3 Å². The molecule has 11 heteroatoms. The number of nitrogens with one attached hydrogen (secondary N) is 1. The number of ether oxygens (including phenoxy) is 1. The lowest BCUT2D eigenvalue weighted by atomic mass is 10.0. The Hall–Kier alpha value is -3.83. The number of amides is 3. The van der Waals surface area contributed by atoms with Crippen LogP contribution in [-0.2, 0) is 16.0 Å². The summed E-state index contributed by atoms with van der Waals surface area (Å²) in [5.74, 6) is -2.25. The molecule has 4 rings (SSSR count). The molecule has 2 aromatic rings. The number of nitrogens with zero attached hydrogens (tertiary/aromatic N) is 3. The first-order valence-corrected chi connectivity index (χ1v) is 10.9. The zero-order valence-corrected chi connectivity index (χ0v) is 18.3. The summed E-state index contributed by atoms with van der Waals surface area (Å²) < 4.78 is 5.31. The number of phenols is 1. The minimum atomic E-state index is -1.22. The molecule has 0 unspecified atom stereocenters. The Morgan fingerprint density at radius 1 is 1.12 bits per heavy atom. The van der Waals surface area contributed by atoms with E-state index < -0.39 is 40.1 Å². The number of phenolic OH excluding ortho intramolecular Hbond substituents is 1. The molecule has 2 heterocycles. The van der Waals surface area contributed by atoms with Gasteiger partial charge in [0.1, 0.15) is 6.04 Å². The lowest BCUT2D eigenvalue weighted by molar-refractivity contribution is -0.385. The molecule has 178 valence electrons. The van der Waals surface area contributed by atoms with E-state index in [1.807, 2.05) is 0 Å². The van der Waals surface area contributed by atoms with Crippen LogP contribution in [0.1, 0.15) is 26.3 Å². The number of carbonyl (C=O) groups excluding carboxylic acids is 3. The summed E-state index contributed by atoms with van der Waals surface area (Å²) in [4.78, 5) is 52.8. The third-order valence-electron chi connectivity index (χ3n) is 5.94. The number of rotatable bonds is 8. The van der Waals surface area contributed by atoms with Gasteiger partial charge in [-0.1, -0.05) is 18.2 Å². The maximum atomic E-state index is 13.2. The number of nitro groups is 1. The molecule has 1 fully saturated rings. The Morgan fingerprint density at radius 3 is 2.38 bits per heavy atom. The van der Waals surface area contributed by atoms with Gasteiger partial charge in [0.05, 0.1) is 29.3 Å². The molecular weight excluding hydrogens is 444 g/mol. The molecule has 0 saturated carbocycles. The predicted molar refractivity (Wildman–Crippen MR) is 119 cm³/mol. The van der Waals surface area contributed by atoms with Crippen molar-refractivity contribution in [1.82, 2.24) is 15.1 Å². The van der Waals surface area contributed by atoms with Crippen molar-refractivity contribution >= 4 is 23.4 Å². The molecule has 2 aliphatic heterocycles. The fourth-order valence-corrected chi connectivity index (χ4v) is 4.14. The monoisotopic (exact) mass is 468 g/mol. The number of carbonyl (C=O) groups is 3. The van der Waals surface area contributed by atoms with Gasteiger partial charge < -0.3 is 15.2 Å². The second-order valence-electron chi connectivity index (χ2n) is 8.07. The second kappa shape index (κ2) is 9.98. The first-order chi connectivity index (χ1) is 16.4. The number of benzene rings is 2. The van der Waals surface area contributed by atoms with Gasteiger partial charge in [-0.25, -0.2) is 0 Å². The number of hydrogen-bond acceptors (Lipinski definition) is 8. The van der Waals surface area contributed by atoms with Gasteiger partial charge in [0.2, 0.25) is 5.91 Å². The van der Waals surface area contributed by atoms with Crippen molar-refractivity contribution < 1.29 is 29.2 Å². The first kappa shape index (κ1) is 23.3. The fraction of sp³-hybridized carbons (Fsp3) is 0.348. The summed E-state index contributed by atoms with van der Waals surface area (Å²) in [6.45, 7) is 3.60. The molecule has 11 nitrogen and oxygen atoms in total. The van der Waals surface area contributed by atoms with Crippen LogP contribution in [0.3, 0.4) is 0 Å². The van der Waals surface area contributed by atoms with E-state index in [0.29, 0.717) is 31.9 Å². The average molecular weight is 468 g/mol. The Kier molecular flexibility index (Phi) is 6.85. The Morgan fingerprint density at radius 2 is 1.76 bits per heavy atom. The van der Waals surface area contributed by atoms with Crippen LogP contribution in [0.15, 0.2) is 42.5 Å². The predicted octanol–water partition coefficient (Wildman–Crippen LogP) is 0.956. The quantitative estimate of drug-likeness (QED) is 0.331. The number of hydrogen-bond donors (Lipinski definition) is 2. The molecule has 3 amide bonds. The van der Waals surface area contributed by atoms with E-state index in [1.54, 1.807) is 12.1 Å². The number of morpholine rings is 1. The highest BCUT2D eigenvalue weighted by molar-refractivity contribution is 6.22. The normalized spacial score (nSPS) is 16.9. The van der Waals surface area contributed by atoms with E-state index >= 15 is 0 Å². The van der Waals surface area contributed by atoms with Crippen LogP contribution < -0.4 is 5.32 Å². The third kappa shape index (κ3) is 4.75. The largest absolute Gasteiger partial charge is 0.502 e. The van der Waals surface area contributed by atoms with Crippen molar-refractivity contribution in [2.24, 2.45) is 0 Å². The third-order valence-corrected chi connectivity index (χ3v) is 5.94. The zero-order chi connectivity index (χ0) is 24.2. The molecule has 0 spiro atoms. The minimum Gasteiger partial charge on any atom is -0.502 e. The van der Waals surface area contributed by atoms with Gasteiger partial charge >= 0.3 is 5.69 Å². The Bertz CT molecular complexity index is 1100. The summed E-state index contributed by atoms with van der Waals surface area (Å²) in [6.07, 6.45) is -0.143. The van der Waals surface area contributed by atoms with Gasteiger partial charge in [-0.15, -0.1) is 0 Å². The van der Waals surface area contributed by atoms with Crippen LogP contribution in [0.2, 0.25) is 0 Å². The molecule has 0 aliphatic carbocycles. The van der Waals surface area contributed by atoms with E-state index in [9.17, 15) is 29.6 Å². The number of fused-ring (bicyclic) bond motifs is 1. The highest BCUT2D eigenvalue weighted by Crippen LogP contribution is 2.29. The highest BCUT2D eigenvalue weighted by Gasteiger charge is 2.42. The molecule has 0 aromatic heterocycles. The summed E-state index contributed by atoms with van der Waals surface area (Å²) in [5.41, 5.74) is 0.214. The highest BCUT2D eigenvalue weighted by atomic mass is 16.6. The van der Waals surface area contributed by atoms with Crippen molar-refractivity contribution in [2.75, 3.05) is 39.4 Å². The number of aromatic hydroxyl groups is 1. The van der Waals surface area contributed by atoms with Crippen LogP contribution in [0.25, 0.3) is 0 Å². The molecule has 2 N–H and O–H groups in total. The topological polar surface area (TPSA) is 142 Å². The Balaban J connectivity index is 1.57. The standard InChI is InChI=1S/C23H24N4O7/c28-20-6-5-15(13-18(20)27(32)33)14-19(21(29)24-7-8-25-9-11-34-12-10-25)26-22(30)16-3-1-2-4-17(16)23(26)31/h1-6,13,19,28H,7-12,14H2,(H,24,29)/t19-/m0/s1. The van der Waals surface area contributed by atoms with Crippen molar-refractivity contribution in [2.45, 2.75) is 12.5 Å². The summed E-state index contributed by atoms with van der Waals surface area (Å²) >= 11 is 0. The zero-order valence-electron chi connectivity index (χ0n) is 18.3. The average Bonchev–Trinajstić information content (AvgIpc) is 3.09. The smallest absolute Gasteiger partial charge is 0.310 e. The van der Waals surface area contributed by atoms with Gasteiger partial charge in [0.15, 0.2) is 5.75 Å². The van der Waals surface area contributed by atoms with Crippen molar-refractivity contribution in [1.29, 1.82) is 0 Å². The summed E-state index contributed by atoms with van der Waals surface area (Å²) in [6, 6.07) is 8.81. The van der Waals surface area contributed by atoms with Gasteiger partial charge in [-0.05, 0) is 23.8 Å². The maximum absolute atomic E-state index is 13.2. The number of nitro benzene ring substituents is 1. The fourth-order valence-electron chi connectivity index (χ4n) is 4.14. The van der Waals surface area contributed by atoms with Gasteiger partial charge in [-0.2, -0.15) is 0 Å². The van der Waals surface area contributed by atoms with Gasteiger partial charge in [0.25, 0.3) is 11.8 Å². The van der Waals surface area contributed by atoms with Crippen LogP contribution in [-0.4, -0.2) is 83.0 Å². The molecule has 2 aromatic carbocycles. The number of imide groups is 1. The van der Waals surface area contributed by atoms with Crippen LogP contribution in [0.5, 0.6) is 5.75 Å². The van der Waals surface area contributed by atoms with Crippen molar-refractivity contribution in [3.63, 3.8) is 0 Å². The molecule has 34 heavy (non-hydrogen) atoms. The summed E-state index contributed by atoms with van der Waals surface area (Å²) in [5, 5.41) is 23.8. The van der Waals surface area contributed by atoms with E-state index in [4.69, 9.17) is 4.74 Å². The second-order valence-corrected chi connectivity index (χ2v) is 8.07. The van der Waals surface area contributed by atoms with Gasteiger partial charge in [0, 0.05) is 38.7 Å². The summed E-state index contributed by atoms with van der Waals surface area (Å²) in [7, 11) is 0. The van der Waals surface area contributed by atoms with E-state index in [0.717, 1.165) is 30.1 Å². The molecule has 1 saturated heterocycles. The lowest BCUT2D eigenvalue weighted by Gasteiger charge is -2.28. The molecule has 1 atom stereocenters. The molecule has 0 radical (unpaired) electrons. The minimum absolute atomic E-state index is 0.143. The van der Waals surface area contributed by atoms with Crippen molar-refractivity contribution in [3.8, 4) is 5.75 Å². The molecule has 2 aliphatic rings. The Labute approximate surface area is 195 Å². The maximum Gasteiger partial charge on any atom is 0.310 e. The van der Waals surface area contributed by atoms with E-state index in [2.05, 4.69) is 10.2 Å². The van der Waals surface area contributed by atoms with E-state index in [1.165, 1.54) is 18.2 Å². The van der Waals surface area contributed by atoms with Crippen LogP contribution in [0, 0.1) is 10.1 Å². The van der Waals surface area contributed by atoms with Gasteiger partial charge in [-0.3, -0.25) is 34.3 Å². The van der Waals surface area contributed by atoms with E-state index in [-0.39, 0.29) is 17.5 Å². The SMILES string of the molecule is O=C(NCCN1CCOCC1)[C@H](Cc1ccc(O)c([N+](=O)[O-])c1)N1C(=O)c2ccccc2C1=O. The lowest BCUT2D eigenvalue weighted by Crippen LogP contribution is -2.52. The molecular formula is C23H24N4O7. The first-order valence-electron chi connectivity index (χ1n) is 10.9. The van der Waals surface area contributed by atoms with Crippen LogP contribution >= 0.6 is 0 Å². The van der Waals surface area contributed by atoms with Crippen LogP contribution in [0.4, 0.5) is 5.69 Å². The molecule has 0 bridgehead atoms.